The number of esters is 1. The molecule has 4 nitrogen and oxygen atoms in total. The number of hydrogen-bond acceptors (Lipinski definition) is 4. The van der Waals surface area contributed by atoms with Gasteiger partial charge in [0.15, 0.2) is 0 Å². The predicted molar refractivity (Wildman–Crippen MR) is 133 cm³/mol. The normalized spacial score (nSPS) is 13.1. The minimum Gasteiger partial charge on any atom is -0.462 e. The third-order valence-corrected chi connectivity index (χ3v) is 6.81. The Labute approximate surface area is 199 Å². The molecule has 0 N–H and O–H groups in total. The second-order valence-corrected chi connectivity index (χ2v) is 8.77. The molecular formula is C30H26N2O2. The van der Waals surface area contributed by atoms with E-state index in [-0.39, 0.29) is 12.6 Å². The Morgan fingerprint density at radius 1 is 0.882 bits per heavy atom. The topological polar surface area (TPSA) is 63.0 Å². The Kier molecular flexibility index (Phi) is 6.10. The van der Waals surface area contributed by atoms with Gasteiger partial charge in [-0.25, -0.2) is 4.79 Å². The molecule has 1 aliphatic rings. The largest absolute Gasteiger partial charge is 0.462 e. The molecule has 4 heteroatoms. The number of pyridine rings is 1. The van der Waals surface area contributed by atoms with Crippen molar-refractivity contribution >= 4 is 16.9 Å². The van der Waals surface area contributed by atoms with E-state index in [1.54, 1.807) is 0 Å². The van der Waals surface area contributed by atoms with Crippen LogP contribution in [0.5, 0.6) is 0 Å². The van der Waals surface area contributed by atoms with E-state index >= 15 is 0 Å². The van der Waals surface area contributed by atoms with Gasteiger partial charge in [0.05, 0.1) is 23.8 Å². The number of fused-ring (bicyclic) bond motifs is 2. The molecule has 0 bridgehead atoms. The molecule has 0 spiro atoms. The number of rotatable bonds is 6. The molecule has 0 aliphatic heterocycles. The lowest BCUT2D eigenvalue weighted by Gasteiger charge is -2.28. The van der Waals surface area contributed by atoms with Gasteiger partial charge >= 0.3 is 5.97 Å². The van der Waals surface area contributed by atoms with Crippen LogP contribution >= 0.6 is 0 Å². The number of benzene rings is 3. The van der Waals surface area contributed by atoms with Gasteiger partial charge in [-0.15, -0.1) is 0 Å². The maximum Gasteiger partial charge on any atom is 0.339 e. The standard InChI is InChI=1S/C30H26N2O2/c31-21-30(22-11-3-1-4-12-22,23-13-5-2-6-14-23)19-20-34-29(33)28-24-15-7-9-17-26(24)32-27-18-10-8-16-25(27)28/h1-7,9,11-15,17H,8,10,16,18-20H2. The summed E-state index contributed by atoms with van der Waals surface area (Å²) >= 11 is 0. The van der Waals surface area contributed by atoms with Gasteiger partial charge in [0.2, 0.25) is 0 Å². The summed E-state index contributed by atoms with van der Waals surface area (Å²) in [5.41, 5.74) is 4.39. The number of hydrogen-bond donors (Lipinski definition) is 0. The van der Waals surface area contributed by atoms with Crippen LogP contribution in [0.3, 0.4) is 0 Å². The number of aryl methyl sites for hydroxylation is 1. The van der Waals surface area contributed by atoms with Crippen molar-refractivity contribution in [3.05, 3.63) is 113 Å². The van der Waals surface area contributed by atoms with Crippen molar-refractivity contribution in [1.29, 1.82) is 5.26 Å². The Morgan fingerprint density at radius 2 is 1.50 bits per heavy atom. The van der Waals surface area contributed by atoms with E-state index in [1.807, 2.05) is 84.9 Å². The van der Waals surface area contributed by atoms with E-state index in [2.05, 4.69) is 6.07 Å². The molecular weight excluding hydrogens is 420 g/mol. The zero-order valence-corrected chi connectivity index (χ0v) is 19.0. The van der Waals surface area contributed by atoms with Crippen LogP contribution in [-0.2, 0) is 23.0 Å². The molecule has 3 aromatic carbocycles. The first-order valence-corrected chi connectivity index (χ1v) is 11.8. The van der Waals surface area contributed by atoms with Crippen LogP contribution in [0.15, 0.2) is 84.9 Å². The molecule has 5 rings (SSSR count). The van der Waals surface area contributed by atoms with E-state index in [1.165, 1.54) is 0 Å². The van der Waals surface area contributed by atoms with Crippen molar-refractivity contribution in [3.63, 3.8) is 0 Å². The number of nitriles is 1. The quantitative estimate of drug-likeness (QED) is 0.332. The lowest BCUT2D eigenvalue weighted by molar-refractivity contribution is 0.0489. The number of carbonyl (C=O) groups is 1. The molecule has 34 heavy (non-hydrogen) atoms. The van der Waals surface area contributed by atoms with Crippen LogP contribution in [-0.4, -0.2) is 17.6 Å². The number of aromatic nitrogens is 1. The summed E-state index contributed by atoms with van der Waals surface area (Å²) in [7, 11) is 0. The monoisotopic (exact) mass is 446 g/mol. The summed E-state index contributed by atoms with van der Waals surface area (Å²) < 4.78 is 5.88. The molecule has 0 saturated heterocycles. The molecule has 1 heterocycles. The van der Waals surface area contributed by atoms with Crippen LogP contribution < -0.4 is 0 Å². The van der Waals surface area contributed by atoms with Crippen LogP contribution in [0, 0.1) is 11.3 Å². The number of nitrogens with zero attached hydrogens (tertiary/aromatic N) is 2. The minimum absolute atomic E-state index is 0.140. The fourth-order valence-electron chi connectivity index (χ4n) is 5.06. The molecule has 0 unspecified atom stereocenters. The van der Waals surface area contributed by atoms with E-state index in [0.717, 1.165) is 59.0 Å². The van der Waals surface area contributed by atoms with Crippen molar-refractivity contribution in [2.24, 2.45) is 0 Å². The third-order valence-electron chi connectivity index (χ3n) is 6.81. The Morgan fingerprint density at radius 3 is 2.18 bits per heavy atom. The summed E-state index contributed by atoms with van der Waals surface area (Å²) in [4.78, 5) is 18.3. The van der Waals surface area contributed by atoms with Crippen molar-refractivity contribution in [2.75, 3.05) is 6.61 Å². The first-order valence-electron chi connectivity index (χ1n) is 11.8. The summed E-state index contributed by atoms with van der Waals surface area (Å²) in [5, 5.41) is 11.2. The van der Waals surface area contributed by atoms with Crippen LogP contribution in [0.25, 0.3) is 10.9 Å². The molecule has 0 fully saturated rings. The van der Waals surface area contributed by atoms with Crippen LogP contribution in [0.4, 0.5) is 0 Å². The smallest absolute Gasteiger partial charge is 0.339 e. The Balaban J connectivity index is 1.46. The van der Waals surface area contributed by atoms with Crippen molar-refractivity contribution in [2.45, 2.75) is 37.5 Å². The lowest BCUT2D eigenvalue weighted by atomic mass is 9.73. The van der Waals surface area contributed by atoms with Crippen LogP contribution in [0.1, 0.15) is 52.0 Å². The number of carbonyl (C=O) groups excluding carboxylic acids is 1. The van der Waals surface area contributed by atoms with Gasteiger partial charge in [-0.1, -0.05) is 78.9 Å². The molecule has 0 saturated carbocycles. The van der Waals surface area contributed by atoms with Gasteiger partial charge in [-0.2, -0.15) is 5.26 Å². The maximum absolute atomic E-state index is 13.4. The highest BCUT2D eigenvalue weighted by Crippen LogP contribution is 2.36. The average molecular weight is 447 g/mol. The SMILES string of the molecule is N#CC(CCOC(=O)c1c2c(nc3ccccc13)CCCC2)(c1ccccc1)c1ccccc1. The zero-order valence-electron chi connectivity index (χ0n) is 19.0. The molecule has 0 radical (unpaired) electrons. The van der Waals surface area contributed by atoms with E-state index < -0.39 is 5.41 Å². The minimum atomic E-state index is -0.900. The highest BCUT2D eigenvalue weighted by Gasteiger charge is 2.35. The molecule has 168 valence electrons. The first-order chi connectivity index (χ1) is 16.7. The highest BCUT2D eigenvalue weighted by molar-refractivity contribution is 6.05. The lowest BCUT2D eigenvalue weighted by Crippen LogP contribution is -2.28. The molecule has 1 aliphatic carbocycles. The molecule has 0 amide bonds. The second kappa shape index (κ2) is 9.49. The average Bonchev–Trinajstić information content (AvgIpc) is 2.91. The van der Waals surface area contributed by atoms with Gasteiger partial charge in [0, 0.05) is 17.5 Å². The summed E-state index contributed by atoms with van der Waals surface area (Å²) in [6, 6.07) is 29.8. The summed E-state index contributed by atoms with van der Waals surface area (Å²) in [6.07, 6.45) is 4.24. The van der Waals surface area contributed by atoms with Crippen molar-refractivity contribution in [1.82, 2.24) is 4.98 Å². The fraction of sp³-hybridized carbons (Fsp3) is 0.233. The zero-order chi connectivity index (χ0) is 23.4. The number of ether oxygens (including phenoxy) is 1. The maximum atomic E-state index is 13.4. The van der Waals surface area contributed by atoms with Gasteiger partial charge in [0.25, 0.3) is 0 Å². The van der Waals surface area contributed by atoms with E-state index in [0.29, 0.717) is 12.0 Å². The van der Waals surface area contributed by atoms with Crippen molar-refractivity contribution < 1.29 is 9.53 Å². The van der Waals surface area contributed by atoms with Crippen molar-refractivity contribution in [3.8, 4) is 6.07 Å². The van der Waals surface area contributed by atoms with E-state index in [4.69, 9.17) is 9.72 Å². The first kappa shape index (κ1) is 21.9. The summed E-state index contributed by atoms with van der Waals surface area (Å²) in [5.74, 6) is -0.329. The van der Waals surface area contributed by atoms with Crippen LogP contribution in [0.2, 0.25) is 0 Å². The number of para-hydroxylation sites is 1. The summed E-state index contributed by atoms with van der Waals surface area (Å²) in [6.45, 7) is 0.140. The fourth-order valence-corrected chi connectivity index (χ4v) is 5.06. The Bertz CT molecular complexity index is 1320. The third kappa shape index (κ3) is 3.95. The van der Waals surface area contributed by atoms with Gasteiger partial charge in [0.1, 0.15) is 5.41 Å². The Hall–Kier alpha value is -3.97. The van der Waals surface area contributed by atoms with Gasteiger partial charge in [-0.05, 0) is 48.4 Å². The molecule has 1 aromatic heterocycles. The van der Waals surface area contributed by atoms with Gasteiger partial charge < -0.3 is 4.74 Å². The molecule has 4 aromatic rings. The molecule has 0 atom stereocenters. The predicted octanol–water partition coefficient (Wildman–Crippen LogP) is 6.17. The highest BCUT2D eigenvalue weighted by atomic mass is 16.5. The second-order valence-electron chi connectivity index (χ2n) is 8.77. The van der Waals surface area contributed by atoms with Gasteiger partial charge in [-0.3, -0.25) is 4.98 Å². The van der Waals surface area contributed by atoms with E-state index in [9.17, 15) is 10.1 Å².